The third-order valence-corrected chi connectivity index (χ3v) is 8.86. The van der Waals surface area contributed by atoms with E-state index in [1.807, 2.05) is 6.92 Å². The van der Waals surface area contributed by atoms with Crippen LogP contribution in [0.4, 0.5) is 11.4 Å². The van der Waals surface area contributed by atoms with Gasteiger partial charge in [0, 0.05) is 12.2 Å². The quantitative estimate of drug-likeness (QED) is 0.562. The highest BCUT2D eigenvalue weighted by atomic mass is 32.2. The average molecular weight is 487 g/mol. The first-order valence-electron chi connectivity index (χ1n) is 10.5. The first-order chi connectivity index (χ1) is 15.6. The van der Waals surface area contributed by atoms with Gasteiger partial charge in [-0.3, -0.25) is 9.03 Å². The van der Waals surface area contributed by atoms with Crippen LogP contribution in [-0.2, 0) is 26.5 Å². The van der Waals surface area contributed by atoms with E-state index in [4.69, 9.17) is 4.74 Å². The van der Waals surface area contributed by atoms with Gasteiger partial charge in [0.05, 0.1) is 17.7 Å². The van der Waals surface area contributed by atoms with Crippen LogP contribution in [0.25, 0.3) is 0 Å². The van der Waals surface area contributed by atoms with Crippen molar-refractivity contribution >= 4 is 31.4 Å². The molecule has 0 aromatic heterocycles. The number of hydrogen-bond donors (Lipinski definition) is 1. The van der Waals surface area contributed by atoms with Crippen LogP contribution in [0.2, 0.25) is 0 Å². The van der Waals surface area contributed by atoms with Gasteiger partial charge in [0.15, 0.2) is 0 Å². The van der Waals surface area contributed by atoms with Gasteiger partial charge in [-0.05, 0) is 80.3 Å². The van der Waals surface area contributed by atoms with Crippen LogP contribution in [0.3, 0.4) is 0 Å². The minimum absolute atomic E-state index is 0.0475. The molecule has 0 spiro atoms. The fraction of sp³-hybridized carbons (Fsp3) is 0.250. The number of methoxy groups -OCH3 is 1. The summed E-state index contributed by atoms with van der Waals surface area (Å²) in [4.78, 5) is 0.281. The molecule has 1 heterocycles. The monoisotopic (exact) mass is 486 g/mol. The summed E-state index contributed by atoms with van der Waals surface area (Å²) >= 11 is 0. The largest absolute Gasteiger partial charge is 0.495 e. The lowest BCUT2D eigenvalue weighted by atomic mass is 10.0. The molecule has 0 atom stereocenters. The van der Waals surface area contributed by atoms with E-state index in [0.717, 1.165) is 16.7 Å². The highest BCUT2D eigenvalue weighted by Crippen LogP contribution is 2.35. The molecule has 33 heavy (non-hydrogen) atoms. The van der Waals surface area contributed by atoms with Gasteiger partial charge in [-0.1, -0.05) is 23.8 Å². The van der Waals surface area contributed by atoms with Crippen molar-refractivity contribution in [2.45, 2.75) is 36.5 Å². The fourth-order valence-electron chi connectivity index (χ4n) is 3.92. The van der Waals surface area contributed by atoms with Crippen LogP contribution in [0, 0.1) is 13.8 Å². The van der Waals surface area contributed by atoms with Gasteiger partial charge in [-0.15, -0.1) is 0 Å². The van der Waals surface area contributed by atoms with Crippen molar-refractivity contribution in [3.05, 3.63) is 77.4 Å². The second-order valence-corrected chi connectivity index (χ2v) is 11.6. The van der Waals surface area contributed by atoms with E-state index in [1.165, 1.54) is 11.4 Å². The zero-order valence-electron chi connectivity index (χ0n) is 18.7. The molecule has 0 saturated heterocycles. The smallest absolute Gasteiger partial charge is 0.265 e. The second-order valence-electron chi connectivity index (χ2n) is 8.10. The number of fused-ring (bicyclic) bond motifs is 1. The van der Waals surface area contributed by atoms with Gasteiger partial charge < -0.3 is 4.74 Å². The number of rotatable bonds is 6. The molecule has 4 rings (SSSR count). The lowest BCUT2D eigenvalue weighted by Gasteiger charge is -2.31. The Morgan fingerprint density at radius 3 is 2.27 bits per heavy atom. The van der Waals surface area contributed by atoms with E-state index in [2.05, 4.69) is 4.72 Å². The Labute approximate surface area is 195 Å². The van der Waals surface area contributed by atoms with Crippen molar-refractivity contribution in [1.29, 1.82) is 0 Å². The molecule has 1 N–H and O–H groups in total. The van der Waals surface area contributed by atoms with Gasteiger partial charge >= 0.3 is 0 Å². The maximum absolute atomic E-state index is 13.3. The Hall–Kier alpha value is -3.04. The molecule has 3 aromatic rings. The van der Waals surface area contributed by atoms with Gasteiger partial charge in [0.1, 0.15) is 10.6 Å². The molecular formula is C24H26N2O5S2. The highest BCUT2D eigenvalue weighted by Gasteiger charge is 2.29. The van der Waals surface area contributed by atoms with Crippen molar-refractivity contribution < 1.29 is 21.6 Å². The minimum Gasteiger partial charge on any atom is -0.495 e. The molecule has 174 valence electrons. The van der Waals surface area contributed by atoms with Gasteiger partial charge in [-0.2, -0.15) is 0 Å². The minimum atomic E-state index is -3.90. The molecule has 0 fully saturated rings. The highest BCUT2D eigenvalue weighted by molar-refractivity contribution is 7.93. The third-order valence-electron chi connectivity index (χ3n) is 5.63. The maximum atomic E-state index is 13.3. The van der Waals surface area contributed by atoms with E-state index in [0.29, 0.717) is 30.8 Å². The zero-order valence-corrected chi connectivity index (χ0v) is 20.3. The Morgan fingerprint density at radius 2 is 1.58 bits per heavy atom. The molecule has 3 aromatic carbocycles. The molecule has 9 heteroatoms. The number of anilines is 2. The first-order valence-corrected chi connectivity index (χ1v) is 13.4. The summed E-state index contributed by atoms with van der Waals surface area (Å²) < 4.78 is 61.8. The number of ether oxygens (including phenoxy) is 1. The van der Waals surface area contributed by atoms with Gasteiger partial charge in [0.2, 0.25) is 0 Å². The zero-order chi connectivity index (χ0) is 23.8. The summed E-state index contributed by atoms with van der Waals surface area (Å²) in [5, 5.41) is 0. The van der Waals surface area contributed by atoms with Crippen LogP contribution in [0.1, 0.15) is 23.1 Å². The maximum Gasteiger partial charge on any atom is 0.265 e. The molecule has 7 nitrogen and oxygen atoms in total. The number of nitrogens with one attached hydrogen (secondary N) is 1. The average Bonchev–Trinajstić information content (AvgIpc) is 2.78. The number of nitrogens with zero attached hydrogens (tertiary/aromatic N) is 1. The van der Waals surface area contributed by atoms with Crippen molar-refractivity contribution in [3.8, 4) is 5.75 Å². The number of aryl methyl sites for hydroxylation is 3. The third kappa shape index (κ3) is 4.56. The number of sulfonamides is 2. The standard InChI is InChI=1S/C24H26N2O5S2/c1-17-6-10-21(11-7-17)33(29,30)26-14-4-5-19-16-20(9-12-22(19)26)25-32(27,28)24-15-18(2)8-13-23(24)31-3/h6-13,15-16,25H,4-5,14H2,1-3H3. The van der Waals surface area contributed by atoms with Crippen LogP contribution in [0.5, 0.6) is 5.75 Å². The molecule has 0 unspecified atom stereocenters. The number of benzene rings is 3. The molecule has 0 bridgehead atoms. The van der Waals surface area contributed by atoms with Crippen molar-refractivity contribution in [1.82, 2.24) is 0 Å². The van der Waals surface area contributed by atoms with Crippen molar-refractivity contribution in [3.63, 3.8) is 0 Å². The molecule has 0 saturated carbocycles. The number of hydrogen-bond acceptors (Lipinski definition) is 5. The Bertz CT molecular complexity index is 1400. The Balaban J connectivity index is 1.67. The normalized spacial score (nSPS) is 14.0. The van der Waals surface area contributed by atoms with Crippen LogP contribution in [-0.4, -0.2) is 30.5 Å². The second kappa shape index (κ2) is 8.72. The SMILES string of the molecule is COc1ccc(C)cc1S(=O)(=O)Nc1ccc2c(c1)CCCN2S(=O)(=O)c1ccc(C)cc1. The van der Waals surface area contributed by atoms with Gasteiger partial charge in [-0.25, -0.2) is 16.8 Å². The van der Waals surface area contributed by atoms with E-state index in [-0.39, 0.29) is 15.5 Å². The van der Waals surface area contributed by atoms with Crippen LogP contribution >= 0.6 is 0 Å². The molecule has 0 radical (unpaired) electrons. The summed E-state index contributed by atoms with van der Waals surface area (Å²) in [6, 6.07) is 16.6. The van der Waals surface area contributed by atoms with E-state index < -0.39 is 20.0 Å². The molecule has 0 amide bonds. The van der Waals surface area contributed by atoms with Crippen molar-refractivity contribution in [2.75, 3.05) is 22.7 Å². The summed E-state index contributed by atoms with van der Waals surface area (Å²) in [5.41, 5.74) is 3.48. The summed E-state index contributed by atoms with van der Waals surface area (Å²) in [6.45, 7) is 4.08. The van der Waals surface area contributed by atoms with E-state index >= 15 is 0 Å². The summed E-state index contributed by atoms with van der Waals surface area (Å²) in [7, 11) is -6.20. The van der Waals surface area contributed by atoms with Gasteiger partial charge in [0.25, 0.3) is 20.0 Å². The molecular weight excluding hydrogens is 460 g/mol. The topological polar surface area (TPSA) is 92.8 Å². The molecule has 1 aliphatic heterocycles. The predicted octanol–water partition coefficient (Wildman–Crippen LogP) is 4.25. The van der Waals surface area contributed by atoms with Crippen molar-refractivity contribution in [2.24, 2.45) is 0 Å². The molecule has 1 aliphatic rings. The van der Waals surface area contributed by atoms with E-state index in [9.17, 15) is 16.8 Å². The lowest BCUT2D eigenvalue weighted by Crippen LogP contribution is -2.35. The first kappa shape index (κ1) is 23.1. The van der Waals surface area contributed by atoms with E-state index in [1.54, 1.807) is 67.6 Å². The fourth-order valence-corrected chi connectivity index (χ4v) is 6.76. The lowest BCUT2D eigenvalue weighted by molar-refractivity contribution is 0.402. The summed E-state index contributed by atoms with van der Waals surface area (Å²) in [5.74, 6) is 0.251. The predicted molar refractivity (Wildman–Crippen MR) is 129 cm³/mol. The Morgan fingerprint density at radius 1 is 0.879 bits per heavy atom. The summed E-state index contributed by atoms with van der Waals surface area (Å²) in [6.07, 6.45) is 1.29. The molecule has 0 aliphatic carbocycles. The Kier molecular flexibility index (Phi) is 6.11. The van der Waals surface area contributed by atoms with Crippen LogP contribution in [0.15, 0.2) is 70.5 Å². The van der Waals surface area contributed by atoms with Crippen LogP contribution < -0.4 is 13.8 Å².